The maximum absolute atomic E-state index is 12.9. The molecule has 8 bridgehead atoms. The number of aliphatic carboxylic acids is 1. The number of halogens is 1. The Balaban J connectivity index is 1.53. The fourth-order valence-electron chi connectivity index (χ4n) is 6.17. The van der Waals surface area contributed by atoms with Gasteiger partial charge in [0, 0.05) is 35.0 Å². The van der Waals surface area contributed by atoms with Crippen molar-refractivity contribution in [2.24, 2.45) is 0 Å². The van der Waals surface area contributed by atoms with E-state index in [1.165, 1.54) is 0 Å². The fraction of sp³-hybridized carbons (Fsp3) is 0.270. The van der Waals surface area contributed by atoms with E-state index in [-0.39, 0.29) is 0 Å². The van der Waals surface area contributed by atoms with Crippen LogP contribution in [0.1, 0.15) is 38.1 Å². The summed E-state index contributed by atoms with van der Waals surface area (Å²) in [6.45, 7) is 9.39. The van der Waals surface area contributed by atoms with E-state index >= 15 is 0 Å². The molecule has 3 aromatic carbocycles. The first-order chi connectivity index (χ1) is 22.6. The Morgan fingerprint density at radius 2 is 1.77 bits per heavy atom. The molecule has 0 aliphatic carbocycles. The Bertz CT molecular complexity index is 2050. The third-order valence-corrected chi connectivity index (χ3v) is 8.60. The molecule has 4 heterocycles. The minimum Gasteiger partial charge on any atom is -0.490 e. The molecule has 0 saturated carbocycles. The summed E-state index contributed by atoms with van der Waals surface area (Å²) in [6, 6.07) is 21.8. The summed E-state index contributed by atoms with van der Waals surface area (Å²) in [5, 5.41) is 16.0. The highest BCUT2D eigenvalue weighted by Gasteiger charge is 2.35. The van der Waals surface area contributed by atoms with Crippen molar-refractivity contribution in [3.05, 3.63) is 95.2 Å². The molecular weight excluding hydrogens is 616 g/mol. The molecule has 2 aliphatic rings. The maximum atomic E-state index is 12.9. The first kappa shape index (κ1) is 30.8. The molecule has 0 saturated heterocycles. The summed E-state index contributed by atoms with van der Waals surface area (Å²) < 4.78 is 20.0. The molecule has 1 N–H and O–H groups in total. The molecule has 0 unspecified atom stereocenters. The van der Waals surface area contributed by atoms with Crippen molar-refractivity contribution in [1.82, 2.24) is 14.6 Å². The molecule has 2 aliphatic heterocycles. The molecule has 47 heavy (non-hydrogen) atoms. The quantitative estimate of drug-likeness (QED) is 0.198. The lowest BCUT2D eigenvalue weighted by Gasteiger charge is -2.32. The maximum Gasteiger partial charge on any atom is 0.337 e. The van der Waals surface area contributed by atoms with E-state index in [2.05, 4.69) is 29.2 Å². The van der Waals surface area contributed by atoms with E-state index in [1.54, 1.807) is 11.4 Å². The van der Waals surface area contributed by atoms with E-state index in [4.69, 9.17) is 35.9 Å². The zero-order chi connectivity index (χ0) is 32.9. The molecule has 7 rings (SSSR count). The normalized spacial score (nSPS) is 15.0. The number of aryl methyl sites for hydroxylation is 1. The Morgan fingerprint density at radius 1 is 1.00 bits per heavy atom. The van der Waals surface area contributed by atoms with Crippen molar-refractivity contribution in [2.75, 3.05) is 31.2 Å². The number of ether oxygens (including phenoxy) is 3. The molecule has 0 spiro atoms. The lowest BCUT2D eigenvalue weighted by atomic mass is 9.97. The number of fused-ring (bicyclic) bond motifs is 9. The van der Waals surface area contributed by atoms with Crippen molar-refractivity contribution < 1.29 is 24.1 Å². The van der Waals surface area contributed by atoms with Gasteiger partial charge in [0.25, 0.3) is 0 Å². The standard InChI is InChI=1S/C37H35ClN4O5/c1-22-31(35(36(43)44)47-37(2,3)4)33-27-13-14-29-34(32(27)38)41(16-18-46-29)15-5-6-17-45-26-12-8-10-24(20-26)23-9-7-11-25(19-23)28-21-30(39-22)42(33)40-28/h5-14,19-21,35H,15-18H2,1-4H3,(H,43,44)/t35-/m0/s1. The third-order valence-electron chi connectivity index (χ3n) is 8.22. The second kappa shape index (κ2) is 12.1. The lowest BCUT2D eigenvalue weighted by Crippen LogP contribution is -2.33. The number of aromatic nitrogens is 3. The van der Waals surface area contributed by atoms with Crippen LogP contribution in [-0.4, -0.2) is 57.6 Å². The van der Waals surface area contributed by atoms with Crippen LogP contribution in [-0.2, 0) is 9.53 Å². The van der Waals surface area contributed by atoms with E-state index in [9.17, 15) is 9.90 Å². The van der Waals surface area contributed by atoms with Gasteiger partial charge in [0.05, 0.1) is 34.2 Å². The number of nitrogens with zero attached hydrogens (tertiary/aromatic N) is 4. The molecule has 5 aromatic rings. The SMILES string of the molecule is Cc1nc2cc3nn2c(c1[C@H](OC(C)(C)C)C(=O)O)-c1ccc2c(c1Cl)N(CC=CCOc1cccc(c1)-c1cccc-3c1)CCO2. The molecule has 0 amide bonds. The average Bonchev–Trinajstić information content (AvgIpc) is 3.46. The lowest BCUT2D eigenvalue weighted by molar-refractivity contribution is -0.160. The Kier molecular flexibility index (Phi) is 7.90. The van der Waals surface area contributed by atoms with Gasteiger partial charge in [-0.15, -0.1) is 0 Å². The monoisotopic (exact) mass is 650 g/mol. The van der Waals surface area contributed by atoms with Crippen molar-refractivity contribution in [3.63, 3.8) is 0 Å². The van der Waals surface area contributed by atoms with Crippen LogP contribution in [0.15, 0.2) is 78.9 Å². The molecule has 0 fully saturated rings. The van der Waals surface area contributed by atoms with Crippen LogP contribution in [0.3, 0.4) is 0 Å². The van der Waals surface area contributed by atoms with Gasteiger partial charge in [0.15, 0.2) is 11.8 Å². The third kappa shape index (κ3) is 5.92. The average molecular weight is 651 g/mol. The van der Waals surface area contributed by atoms with Gasteiger partial charge in [-0.2, -0.15) is 5.10 Å². The minimum absolute atomic E-state index is 0.383. The number of benzene rings is 3. The Hall–Kier alpha value is -4.86. The Morgan fingerprint density at radius 3 is 2.55 bits per heavy atom. The van der Waals surface area contributed by atoms with E-state index in [1.807, 2.05) is 75.4 Å². The van der Waals surface area contributed by atoms with Gasteiger partial charge in [0.1, 0.15) is 24.7 Å². The van der Waals surface area contributed by atoms with Crippen molar-refractivity contribution in [3.8, 4) is 45.1 Å². The molecule has 1 atom stereocenters. The summed E-state index contributed by atoms with van der Waals surface area (Å²) in [5.74, 6) is 0.291. The van der Waals surface area contributed by atoms with Crippen LogP contribution < -0.4 is 14.4 Å². The largest absolute Gasteiger partial charge is 0.490 e. The van der Waals surface area contributed by atoms with Crippen LogP contribution in [0.2, 0.25) is 5.02 Å². The summed E-state index contributed by atoms with van der Waals surface area (Å²) >= 11 is 7.33. The summed E-state index contributed by atoms with van der Waals surface area (Å²) in [5.41, 5.74) is 6.07. The van der Waals surface area contributed by atoms with Gasteiger partial charge in [-0.05, 0) is 75.2 Å². The first-order valence-electron chi connectivity index (χ1n) is 15.6. The van der Waals surface area contributed by atoms with E-state index < -0.39 is 17.7 Å². The minimum atomic E-state index is -1.34. The van der Waals surface area contributed by atoms with Crippen molar-refractivity contribution >= 4 is 28.9 Å². The smallest absolute Gasteiger partial charge is 0.337 e. The van der Waals surface area contributed by atoms with E-state index in [0.29, 0.717) is 70.9 Å². The molecular formula is C37H35ClN4O5. The fourth-order valence-corrected chi connectivity index (χ4v) is 6.54. The topological polar surface area (TPSA) is 98.4 Å². The highest BCUT2D eigenvalue weighted by atomic mass is 35.5. The molecule has 2 aromatic heterocycles. The molecule has 9 nitrogen and oxygen atoms in total. The van der Waals surface area contributed by atoms with Gasteiger partial charge < -0.3 is 24.2 Å². The van der Waals surface area contributed by atoms with Crippen LogP contribution in [0.25, 0.3) is 39.3 Å². The van der Waals surface area contributed by atoms with Crippen LogP contribution in [0.5, 0.6) is 11.5 Å². The second-order valence-electron chi connectivity index (χ2n) is 12.7. The molecule has 10 heteroatoms. The molecule has 240 valence electrons. The second-order valence-corrected chi connectivity index (χ2v) is 13.0. The summed E-state index contributed by atoms with van der Waals surface area (Å²) in [6.07, 6.45) is 2.71. The van der Waals surface area contributed by atoms with E-state index in [0.717, 1.165) is 28.1 Å². The summed E-state index contributed by atoms with van der Waals surface area (Å²) in [7, 11) is 0. The number of hydrogen-bond acceptors (Lipinski definition) is 7. The highest BCUT2D eigenvalue weighted by molar-refractivity contribution is 6.36. The van der Waals surface area contributed by atoms with Gasteiger partial charge in [-0.3, -0.25) is 0 Å². The van der Waals surface area contributed by atoms with Crippen molar-refractivity contribution in [2.45, 2.75) is 39.4 Å². The number of carboxylic acid groups (broad SMARTS) is 1. The van der Waals surface area contributed by atoms with Crippen LogP contribution in [0.4, 0.5) is 5.69 Å². The Labute approximate surface area is 278 Å². The van der Waals surface area contributed by atoms with Crippen LogP contribution >= 0.6 is 11.6 Å². The van der Waals surface area contributed by atoms with Gasteiger partial charge in [0.2, 0.25) is 0 Å². The number of rotatable bonds is 3. The number of anilines is 1. The van der Waals surface area contributed by atoms with Crippen LogP contribution in [0, 0.1) is 6.92 Å². The van der Waals surface area contributed by atoms with Gasteiger partial charge in [-0.25, -0.2) is 14.3 Å². The zero-order valence-electron chi connectivity index (χ0n) is 26.7. The number of hydrogen-bond donors (Lipinski definition) is 1. The number of carbonyl (C=O) groups is 1. The van der Waals surface area contributed by atoms with Crippen molar-refractivity contribution in [1.29, 1.82) is 0 Å². The summed E-state index contributed by atoms with van der Waals surface area (Å²) in [4.78, 5) is 19.9. The van der Waals surface area contributed by atoms with Gasteiger partial charge >= 0.3 is 5.97 Å². The highest BCUT2D eigenvalue weighted by Crippen LogP contribution is 2.46. The zero-order valence-corrected chi connectivity index (χ0v) is 27.4. The molecule has 0 radical (unpaired) electrons. The van der Waals surface area contributed by atoms with Gasteiger partial charge in [-0.1, -0.05) is 48.0 Å². The predicted molar refractivity (Wildman–Crippen MR) is 183 cm³/mol. The number of carboxylic acids is 1. The first-order valence-corrected chi connectivity index (χ1v) is 16.0. The predicted octanol–water partition coefficient (Wildman–Crippen LogP) is 7.78.